The first-order valence-corrected chi connectivity index (χ1v) is 7.56. The number of fused-ring (bicyclic) bond motifs is 1. The van der Waals surface area contributed by atoms with E-state index < -0.39 is 10.1 Å². The van der Waals surface area contributed by atoms with Gasteiger partial charge in [0, 0.05) is 5.56 Å². The van der Waals surface area contributed by atoms with Gasteiger partial charge in [-0.25, -0.2) is 0 Å². The smallest absolute Gasteiger partial charge is 0.282 e. The predicted octanol–water partition coefficient (Wildman–Crippen LogP) is 3.75. The van der Waals surface area contributed by atoms with E-state index >= 15 is 0 Å². The maximum atomic E-state index is 11.6. The first-order valence-electron chi connectivity index (χ1n) is 6.12. The van der Waals surface area contributed by atoms with Gasteiger partial charge >= 0.3 is 0 Å². The summed E-state index contributed by atoms with van der Waals surface area (Å²) in [5.41, 5.74) is 1.29. The molecule has 3 rings (SSSR count). The van der Waals surface area contributed by atoms with Crippen molar-refractivity contribution in [1.82, 2.24) is 0 Å². The van der Waals surface area contributed by atoms with Gasteiger partial charge in [-0.15, -0.1) is 0 Å². The summed E-state index contributed by atoms with van der Waals surface area (Å²) in [4.78, 5) is -0.0672. The SMILES string of the molecule is O=S(=O)(O)c1ccc2ccccc2c1-c1ccccc1. The quantitative estimate of drug-likeness (QED) is 0.729. The summed E-state index contributed by atoms with van der Waals surface area (Å²) >= 11 is 0. The monoisotopic (exact) mass is 284 g/mol. The molecule has 0 radical (unpaired) electrons. The highest BCUT2D eigenvalue weighted by Crippen LogP contribution is 2.34. The fraction of sp³-hybridized carbons (Fsp3) is 0. The molecule has 0 saturated heterocycles. The summed E-state index contributed by atoms with van der Waals surface area (Å²) in [7, 11) is -4.27. The molecule has 0 unspecified atom stereocenters. The Morgan fingerprint density at radius 2 is 1.40 bits per heavy atom. The molecule has 0 bridgehead atoms. The van der Waals surface area contributed by atoms with E-state index in [1.807, 2.05) is 54.6 Å². The molecule has 0 aromatic heterocycles. The number of hydrogen-bond donors (Lipinski definition) is 1. The Bertz CT molecular complexity index is 869. The van der Waals surface area contributed by atoms with Crippen LogP contribution in [0.25, 0.3) is 21.9 Å². The first-order chi connectivity index (χ1) is 9.57. The van der Waals surface area contributed by atoms with Crippen LogP contribution in [-0.2, 0) is 10.1 Å². The second kappa shape index (κ2) is 4.74. The van der Waals surface area contributed by atoms with Crippen molar-refractivity contribution >= 4 is 20.9 Å². The second-order valence-electron chi connectivity index (χ2n) is 4.50. The van der Waals surface area contributed by atoms with Gasteiger partial charge in [0.1, 0.15) is 4.90 Å². The van der Waals surface area contributed by atoms with Gasteiger partial charge in [-0.05, 0) is 22.4 Å². The van der Waals surface area contributed by atoms with Crippen LogP contribution in [0, 0.1) is 0 Å². The van der Waals surface area contributed by atoms with E-state index in [1.165, 1.54) is 6.07 Å². The molecule has 100 valence electrons. The zero-order chi connectivity index (χ0) is 14.2. The Hall–Kier alpha value is -2.17. The van der Waals surface area contributed by atoms with E-state index in [1.54, 1.807) is 6.07 Å². The highest BCUT2D eigenvalue weighted by molar-refractivity contribution is 7.86. The number of hydrogen-bond acceptors (Lipinski definition) is 2. The Kier molecular flexibility index (Phi) is 3.04. The molecule has 0 aliphatic carbocycles. The Labute approximate surface area is 117 Å². The minimum Gasteiger partial charge on any atom is -0.282 e. The summed E-state index contributed by atoms with van der Waals surface area (Å²) in [6.07, 6.45) is 0. The molecule has 1 N–H and O–H groups in total. The van der Waals surface area contributed by atoms with Crippen molar-refractivity contribution in [3.05, 3.63) is 66.7 Å². The summed E-state index contributed by atoms with van der Waals surface area (Å²) < 4.78 is 32.7. The number of benzene rings is 3. The molecule has 3 aromatic carbocycles. The largest absolute Gasteiger partial charge is 0.295 e. The molecule has 3 aromatic rings. The van der Waals surface area contributed by atoms with Crippen molar-refractivity contribution in [3.8, 4) is 11.1 Å². The molecule has 20 heavy (non-hydrogen) atoms. The van der Waals surface area contributed by atoms with Gasteiger partial charge in [0.25, 0.3) is 10.1 Å². The lowest BCUT2D eigenvalue weighted by Gasteiger charge is -2.11. The van der Waals surface area contributed by atoms with Crippen LogP contribution in [0.3, 0.4) is 0 Å². The van der Waals surface area contributed by atoms with Crippen molar-refractivity contribution < 1.29 is 13.0 Å². The molecular weight excluding hydrogens is 272 g/mol. The summed E-state index contributed by atoms with van der Waals surface area (Å²) in [6, 6.07) is 19.9. The third-order valence-corrected chi connectivity index (χ3v) is 4.13. The van der Waals surface area contributed by atoms with Gasteiger partial charge in [-0.2, -0.15) is 8.42 Å². The van der Waals surface area contributed by atoms with Gasteiger partial charge in [0.15, 0.2) is 0 Å². The third kappa shape index (κ3) is 2.19. The Morgan fingerprint density at radius 1 is 0.750 bits per heavy atom. The van der Waals surface area contributed by atoms with Crippen LogP contribution in [0.15, 0.2) is 71.6 Å². The van der Waals surface area contributed by atoms with Crippen molar-refractivity contribution in [2.75, 3.05) is 0 Å². The normalized spacial score (nSPS) is 11.7. The van der Waals surface area contributed by atoms with Gasteiger partial charge in [0.2, 0.25) is 0 Å². The van der Waals surface area contributed by atoms with E-state index in [-0.39, 0.29) is 4.90 Å². The maximum absolute atomic E-state index is 11.6. The zero-order valence-electron chi connectivity index (χ0n) is 10.5. The summed E-state index contributed by atoms with van der Waals surface area (Å²) in [5.74, 6) is 0. The molecular formula is C16H12O3S. The lowest BCUT2D eigenvalue weighted by atomic mass is 9.98. The standard InChI is InChI=1S/C16H12O3S/c17-20(18,19)15-11-10-12-6-4-5-9-14(12)16(15)13-7-2-1-3-8-13/h1-11H,(H,17,18,19). The molecule has 0 fully saturated rings. The minimum atomic E-state index is -4.27. The molecule has 4 heteroatoms. The second-order valence-corrected chi connectivity index (χ2v) is 5.89. The van der Waals surface area contributed by atoms with Crippen molar-refractivity contribution in [1.29, 1.82) is 0 Å². The van der Waals surface area contributed by atoms with Crippen molar-refractivity contribution in [2.45, 2.75) is 4.90 Å². The molecule has 3 nitrogen and oxygen atoms in total. The molecule has 0 aliphatic heterocycles. The van der Waals surface area contributed by atoms with Crippen molar-refractivity contribution in [2.24, 2.45) is 0 Å². The highest BCUT2D eigenvalue weighted by Gasteiger charge is 2.18. The van der Waals surface area contributed by atoms with Crippen LogP contribution in [0.4, 0.5) is 0 Å². The zero-order valence-corrected chi connectivity index (χ0v) is 11.3. The lowest BCUT2D eigenvalue weighted by molar-refractivity contribution is 0.483. The summed E-state index contributed by atoms with van der Waals surface area (Å²) in [5, 5.41) is 1.73. The van der Waals surface area contributed by atoms with E-state index in [9.17, 15) is 13.0 Å². The van der Waals surface area contributed by atoms with Gasteiger partial charge in [0.05, 0.1) is 0 Å². The average molecular weight is 284 g/mol. The minimum absolute atomic E-state index is 0.0672. The van der Waals surface area contributed by atoms with E-state index in [4.69, 9.17) is 0 Å². The third-order valence-electron chi connectivity index (χ3n) is 3.23. The van der Waals surface area contributed by atoms with Crippen LogP contribution in [0.2, 0.25) is 0 Å². The Morgan fingerprint density at radius 3 is 2.10 bits per heavy atom. The van der Waals surface area contributed by atoms with E-state index in [0.717, 1.165) is 16.3 Å². The molecule has 0 heterocycles. The van der Waals surface area contributed by atoms with E-state index in [0.29, 0.717) is 5.56 Å². The highest BCUT2D eigenvalue weighted by atomic mass is 32.2. The average Bonchev–Trinajstić information content (AvgIpc) is 2.46. The first kappa shape index (κ1) is 12.8. The fourth-order valence-electron chi connectivity index (χ4n) is 2.37. The van der Waals surface area contributed by atoms with Crippen LogP contribution in [0.5, 0.6) is 0 Å². The van der Waals surface area contributed by atoms with Gasteiger partial charge < -0.3 is 0 Å². The summed E-state index contributed by atoms with van der Waals surface area (Å²) in [6.45, 7) is 0. The van der Waals surface area contributed by atoms with Gasteiger partial charge in [-0.3, -0.25) is 4.55 Å². The predicted molar refractivity (Wildman–Crippen MR) is 79.2 cm³/mol. The molecule has 0 aliphatic rings. The number of rotatable bonds is 2. The van der Waals surface area contributed by atoms with Crippen LogP contribution in [0.1, 0.15) is 0 Å². The van der Waals surface area contributed by atoms with Gasteiger partial charge in [-0.1, -0.05) is 60.7 Å². The topological polar surface area (TPSA) is 54.4 Å². The van der Waals surface area contributed by atoms with Crippen LogP contribution in [-0.4, -0.2) is 13.0 Å². The van der Waals surface area contributed by atoms with Crippen LogP contribution >= 0.6 is 0 Å². The molecule has 0 atom stereocenters. The van der Waals surface area contributed by atoms with Crippen LogP contribution < -0.4 is 0 Å². The van der Waals surface area contributed by atoms with E-state index in [2.05, 4.69) is 0 Å². The maximum Gasteiger partial charge on any atom is 0.295 e. The molecule has 0 amide bonds. The Balaban J connectivity index is 2.48. The fourth-order valence-corrected chi connectivity index (χ4v) is 3.09. The van der Waals surface area contributed by atoms with Crippen molar-refractivity contribution in [3.63, 3.8) is 0 Å². The molecule has 0 spiro atoms. The lowest BCUT2D eigenvalue weighted by Crippen LogP contribution is -2.01. The molecule has 0 saturated carbocycles.